The second-order valence-corrected chi connectivity index (χ2v) is 3.81. The van der Waals surface area contributed by atoms with Crippen molar-refractivity contribution in [1.29, 1.82) is 0 Å². The van der Waals surface area contributed by atoms with E-state index < -0.39 is 0 Å². The maximum absolute atomic E-state index is 11.2. The number of nitrogens with zero attached hydrogens (tertiary/aromatic N) is 1. The standard InChI is InChI=1S/C10H19NO2S/c1-4-6-11(7-8-14-3)9-10(12)13-5-2/h4H,1,5-9H2,2-3H3. The minimum atomic E-state index is -0.157. The minimum Gasteiger partial charge on any atom is -0.465 e. The molecule has 0 spiro atoms. The lowest BCUT2D eigenvalue weighted by Crippen LogP contribution is -2.33. The maximum atomic E-state index is 11.2. The fourth-order valence-corrected chi connectivity index (χ4v) is 1.47. The molecule has 0 unspecified atom stereocenters. The number of ether oxygens (including phenoxy) is 1. The summed E-state index contributed by atoms with van der Waals surface area (Å²) in [6, 6.07) is 0. The van der Waals surface area contributed by atoms with E-state index in [1.165, 1.54) is 0 Å². The van der Waals surface area contributed by atoms with E-state index in [1.807, 2.05) is 11.8 Å². The molecule has 0 aromatic carbocycles. The molecular formula is C10H19NO2S. The number of hydrogen-bond donors (Lipinski definition) is 0. The molecule has 82 valence electrons. The van der Waals surface area contributed by atoms with E-state index in [1.54, 1.807) is 17.8 Å². The van der Waals surface area contributed by atoms with Gasteiger partial charge in [0.2, 0.25) is 0 Å². The Morgan fingerprint density at radius 1 is 1.64 bits per heavy atom. The van der Waals surface area contributed by atoms with Crippen LogP contribution in [0.25, 0.3) is 0 Å². The average Bonchev–Trinajstić information content (AvgIpc) is 2.15. The third-order valence-electron chi connectivity index (χ3n) is 1.66. The third kappa shape index (κ3) is 6.97. The highest BCUT2D eigenvalue weighted by molar-refractivity contribution is 7.98. The summed E-state index contributed by atoms with van der Waals surface area (Å²) in [5, 5.41) is 0. The van der Waals surface area contributed by atoms with Gasteiger partial charge in [-0.2, -0.15) is 11.8 Å². The highest BCUT2D eigenvalue weighted by Crippen LogP contribution is 1.96. The molecule has 0 aromatic heterocycles. The lowest BCUT2D eigenvalue weighted by atomic mass is 10.4. The topological polar surface area (TPSA) is 29.5 Å². The summed E-state index contributed by atoms with van der Waals surface area (Å²) >= 11 is 1.77. The molecule has 0 saturated heterocycles. The van der Waals surface area contributed by atoms with Crippen LogP contribution in [0.3, 0.4) is 0 Å². The van der Waals surface area contributed by atoms with Crippen LogP contribution in [0.15, 0.2) is 12.7 Å². The van der Waals surface area contributed by atoms with Crippen LogP contribution in [0.5, 0.6) is 0 Å². The van der Waals surface area contributed by atoms with Crippen molar-refractivity contribution in [2.75, 3.05) is 38.2 Å². The van der Waals surface area contributed by atoms with E-state index >= 15 is 0 Å². The van der Waals surface area contributed by atoms with Crippen LogP contribution >= 0.6 is 11.8 Å². The second kappa shape index (κ2) is 9.09. The van der Waals surface area contributed by atoms with E-state index in [2.05, 4.69) is 12.8 Å². The van der Waals surface area contributed by atoms with Gasteiger partial charge in [0.25, 0.3) is 0 Å². The SMILES string of the molecule is C=CCN(CCSC)CC(=O)OCC. The zero-order chi connectivity index (χ0) is 10.8. The Kier molecular flexibility index (Phi) is 8.78. The predicted molar refractivity (Wildman–Crippen MR) is 61.7 cm³/mol. The Morgan fingerprint density at radius 3 is 2.86 bits per heavy atom. The first-order chi connectivity index (χ1) is 6.74. The average molecular weight is 217 g/mol. The van der Waals surface area contributed by atoms with Crippen molar-refractivity contribution in [2.45, 2.75) is 6.92 Å². The molecule has 0 heterocycles. The molecule has 0 rings (SSSR count). The summed E-state index contributed by atoms with van der Waals surface area (Å²) < 4.78 is 4.88. The summed E-state index contributed by atoms with van der Waals surface area (Å²) in [5.74, 6) is 0.864. The molecule has 0 saturated carbocycles. The van der Waals surface area contributed by atoms with Gasteiger partial charge in [-0.3, -0.25) is 9.69 Å². The zero-order valence-corrected chi connectivity index (χ0v) is 9.81. The Labute approximate surface area is 90.5 Å². The van der Waals surface area contributed by atoms with Crippen LogP contribution in [0.1, 0.15) is 6.92 Å². The van der Waals surface area contributed by atoms with Gasteiger partial charge < -0.3 is 4.74 Å². The predicted octanol–water partition coefficient (Wildman–Crippen LogP) is 1.40. The second-order valence-electron chi connectivity index (χ2n) is 2.82. The Hall–Kier alpha value is -0.480. The molecule has 0 atom stereocenters. The molecule has 0 aliphatic heterocycles. The van der Waals surface area contributed by atoms with Gasteiger partial charge in [-0.25, -0.2) is 0 Å². The first-order valence-electron chi connectivity index (χ1n) is 4.72. The van der Waals surface area contributed by atoms with E-state index in [9.17, 15) is 4.79 Å². The number of thioether (sulfide) groups is 1. The quantitative estimate of drug-likeness (QED) is 0.454. The molecule has 0 radical (unpaired) electrons. The summed E-state index contributed by atoms with van der Waals surface area (Å²) in [7, 11) is 0. The molecule has 0 aliphatic carbocycles. The van der Waals surface area contributed by atoms with E-state index in [0.717, 1.165) is 18.8 Å². The van der Waals surface area contributed by atoms with Crippen molar-refractivity contribution in [3.8, 4) is 0 Å². The number of rotatable bonds is 8. The van der Waals surface area contributed by atoms with Crippen LogP contribution in [0.2, 0.25) is 0 Å². The number of hydrogen-bond acceptors (Lipinski definition) is 4. The Bertz CT molecular complexity index is 174. The molecule has 0 aliphatic rings. The maximum Gasteiger partial charge on any atom is 0.320 e. The van der Waals surface area contributed by atoms with Crippen LogP contribution < -0.4 is 0 Å². The van der Waals surface area contributed by atoms with E-state index in [-0.39, 0.29) is 5.97 Å². The van der Waals surface area contributed by atoms with Gasteiger partial charge in [-0.15, -0.1) is 6.58 Å². The molecule has 0 amide bonds. The first-order valence-corrected chi connectivity index (χ1v) is 6.11. The normalized spacial score (nSPS) is 10.2. The monoisotopic (exact) mass is 217 g/mol. The lowest BCUT2D eigenvalue weighted by Gasteiger charge is -2.18. The van der Waals surface area contributed by atoms with Crippen molar-refractivity contribution >= 4 is 17.7 Å². The van der Waals surface area contributed by atoms with E-state index in [4.69, 9.17) is 4.74 Å². The Morgan fingerprint density at radius 2 is 2.36 bits per heavy atom. The van der Waals surface area contributed by atoms with Crippen LogP contribution in [0.4, 0.5) is 0 Å². The number of esters is 1. The molecular weight excluding hydrogens is 198 g/mol. The molecule has 0 bridgehead atoms. The van der Waals surface area contributed by atoms with Crippen LogP contribution in [0, 0.1) is 0 Å². The van der Waals surface area contributed by atoms with Gasteiger partial charge in [0, 0.05) is 18.8 Å². The highest BCUT2D eigenvalue weighted by Gasteiger charge is 2.09. The number of carbonyl (C=O) groups is 1. The van der Waals surface area contributed by atoms with Gasteiger partial charge in [0.1, 0.15) is 0 Å². The van der Waals surface area contributed by atoms with Gasteiger partial charge in [0.15, 0.2) is 0 Å². The van der Waals surface area contributed by atoms with Crippen molar-refractivity contribution in [2.24, 2.45) is 0 Å². The molecule has 3 nitrogen and oxygen atoms in total. The van der Waals surface area contributed by atoms with Crippen molar-refractivity contribution in [3.63, 3.8) is 0 Å². The summed E-state index contributed by atoms with van der Waals surface area (Å²) in [4.78, 5) is 13.2. The zero-order valence-electron chi connectivity index (χ0n) is 8.99. The van der Waals surface area contributed by atoms with Crippen molar-refractivity contribution < 1.29 is 9.53 Å². The largest absolute Gasteiger partial charge is 0.465 e. The molecule has 4 heteroatoms. The Balaban J connectivity index is 3.81. The fraction of sp³-hybridized carbons (Fsp3) is 0.700. The van der Waals surface area contributed by atoms with Gasteiger partial charge in [-0.05, 0) is 13.2 Å². The molecule has 0 aromatic rings. The third-order valence-corrected chi connectivity index (χ3v) is 2.25. The molecule has 0 N–H and O–H groups in total. The van der Waals surface area contributed by atoms with Crippen LogP contribution in [-0.4, -0.2) is 49.1 Å². The van der Waals surface area contributed by atoms with Crippen molar-refractivity contribution in [3.05, 3.63) is 12.7 Å². The van der Waals surface area contributed by atoms with Crippen LogP contribution in [-0.2, 0) is 9.53 Å². The van der Waals surface area contributed by atoms with Gasteiger partial charge in [0.05, 0.1) is 13.2 Å². The lowest BCUT2D eigenvalue weighted by molar-refractivity contribution is -0.144. The van der Waals surface area contributed by atoms with Crippen molar-refractivity contribution in [1.82, 2.24) is 4.90 Å². The fourth-order valence-electron chi connectivity index (χ4n) is 1.03. The minimum absolute atomic E-state index is 0.157. The van der Waals surface area contributed by atoms with Gasteiger partial charge >= 0.3 is 5.97 Å². The highest BCUT2D eigenvalue weighted by atomic mass is 32.2. The summed E-state index contributed by atoms with van der Waals surface area (Å²) in [5.41, 5.74) is 0. The van der Waals surface area contributed by atoms with E-state index in [0.29, 0.717) is 13.2 Å². The summed E-state index contributed by atoms with van der Waals surface area (Å²) in [6.07, 6.45) is 3.86. The number of carbonyl (C=O) groups excluding carboxylic acids is 1. The molecule has 14 heavy (non-hydrogen) atoms. The molecule has 0 fully saturated rings. The first kappa shape index (κ1) is 13.5. The smallest absolute Gasteiger partial charge is 0.320 e. The summed E-state index contributed by atoms with van der Waals surface area (Å²) in [6.45, 7) is 7.92. The van der Waals surface area contributed by atoms with Gasteiger partial charge in [-0.1, -0.05) is 6.08 Å².